The molecule has 82 valence electrons. The quantitative estimate of drug-likeness (QED) is 0.649. The highest BCUT2D eigenvalue weighted by Gasteiger charge is 2.11. The summed E-state index contributed by atoms with van der Waals surface area (Å²) in [7, 11) is 0. The number of aromatic nitrogens is 2. The Balaban J connectivity index is 2.28. The van der Waals surface area contributed by atoms with Crippen molar-refractivity contribution in [1.82, 2.24) is 9.97 Å². The van der Waals surface area contributed by atoms with Gasteiger partial charge in [-0.25, -0.2) is 4.98 Å². The van der Waals surface area contributed by atoms with Crippen LogP contribution in [0.4, 0.5) is 5.95 Å². The molecular formula is C9H14N4O2. The van der Waals surface area contributed by atoms with E-state index in [9.17, 15) is 9.59 Å². The minimum atomic E-state index is -0.388. The number of hydrogen-bond donors (Lipinski definition) is 3. The number of rotatable bonds is 5. The maximum Gasteiger partial charge on any atom is 0.226 e. The zero-order valence-electron chi connectivity index (χ0n) is 8.49. The van der Waals surface area contributed by atoms with E-state index in [0.717, 1.165) is 0 Å². The Hall–Kier alpha value is -1.85. The van der Waals surface area contributed by atoms with Crippen LogP contribution in [-0.2, 0) is 9.59 Å². The van der Waals surface area contributed by atoms with Gasteiger partial charge >= 0.3 is 0 Å². The number of carbonyl (C=O) groups is 2. The normalized spacial score (nSPS) is 12.1. The number of H-pyrrole nitrogens is 1. The molecule has 2 amide bonds. The van der Waals surface area contributed by atoms with Crippen molar-refractivity contribution in [2.24, 2.45) is 11.7 Å². The molecule has 1 heterocycles. The number of imidazole rings is 1. The zero-order valence-corrected chi connectivity index (χ0v) is 8.49. The molecule has 1 atom stereocenters. The SMILES string of the molecule is CC(CCC(=O)Nc1ncc[nH]1)C(N)=O. The van der Waals surface area contributed by atoms with Crippen molar-refractivity contribution >= 4 is 17.8 Å². The average molecular weight is 210 g/mol. The van der Waals surface area contributed by atoms with Crippen LogP contribution in [0.1, 0.15) is 19.8 Å². The summed E-state index contributed by atoms with van der Waals surface area (Å²) in [5.74, 6) is -0.446. The summed E-state index contributed by atoms with van der Waals surface area (Å²) in [4.78, 5) is 28.6. The van der Waals surface area contributed by atoms with Crippen LogP contribution < -0.4 is 11.1 Å². The van der Waals surface area contributed by atoms with Crippen LogP contribution in [0, 0.1) is 5.92 Å². The van der Waals surface area contributed by atoms with E-state index >= 15 is 0 Å². The van der Waals surface area contributed by atoms with Crippen LogP contribution in [0.5, 0.6) is 0 Å². The fourth-order valence-electron chi connectivity index (χ4n) is 1.02. The molecular weight excluding hydrogens is 196 g/mol. The Morgan fingerprint density at radius 1 is 1.67 bits per heavy atom. The van der Waals surface area contributed by atoms with Crippen LogP contribution in [-0.4, -0.2) is 21.8 Å². The highest BCUT2D eigenvalue weighted by atomic mass is 16.2. The molecule has 0 saturated heterocycles. The van der Waals surface area contributed by atoms with Crippen molar-refractivity contribution in [3.8, 4) is 0 Å². The molecule has 0 aromatic carbocycles. The van der Waals surface area contributed by atoms with E-state index in [-0.39, 0.29) is 24.2 Å². The van der Waals surface area contributed by atoms with Gasteiger partial charge < -0.3 is 10.7 Å². The zero-order chi connectivity index (χ0) is 11.3. The van der Waals surface area contributed by atoms with E-state index in [0.29, 0.717) is 12.4 Å². The molecule has 0 spiro atoms. The van der Waals surface area contributed by atoms with Crippen molar-refractivity contribution in [3.05, 3.63) is 12.4 Å². The second-order valence-electron chi connectivity index (χ2n) is 3.33. The third-order valence-corrected chi connectivity index (χ3v) is 2.05. The first-order valence-corrected chi connectivity index (χ1v) is 4.68. The Morgan fingerprint density at radius 2 is 2.40 bits per heavy atom. The minimum absolute atomic E-state index is 0.182. The molecule has 0 saturated carbocycles. The van der Waals surface area contributed by atoms with Crippen LogP contribution in [0.25, 0.3) is 0 Å². The molecule has 6 heteroatoms. The van der Waals surface area contributed by atoms with Gasteiger partial charge in [-0.15, -0.1) is 0 Å². The van der Waals surface area contributed by atoms with Gasteiger partial charge in [0, 0.05) is 24.7 Å². The van der Waals surface area contributed by atoms with Gasteiger partial charge in [0.05, 0.1) is 0 Å². The summed E-state index contributed by atoms with van der Waals surface area (Å²) in [6.45, 7) is 1.70. The maximum absolute atomic E-state index is 11.3. The molecule has 15 heavy (non-hydrogen) atoms. The Labute approximate surface area is 87.3 Å². The molecule has 0 fully saturated rings. The summed E-state index contributed by atoms with van der Waals surface area (Å²) in [5.41, 5.74) is 5.07. The van der Waals surface area contributed by atoms with Crippen LogP contribution in [0.2, 0.25) is 0 Å². The number of nitrogens with zero attached hydrogens (tertiary/aromatic N) is 1. The number of anilines is 1. The molecule has 4 N–H and O–H groups in total. The number of primary amides is 1. The number of aromatic amines is 1. The van der Waals surface area contributed by atoms with E-state index < -0.39 is 0 Å². The van der Waals surface area contributed by atoms with Gasteiger partial charge in [0.1, 0.15) is 0 Å². The predicted molar refractivity (Wildman–Crippen MR) is 54.8 cm³/mol. The first-order chi connectivity index (χ1) is 7.09. The molecule has 0 aliphatic rings. The van der Waals surface area contributed by atoms with Crippen molar-refractivity contribution < 1.29 is 9.59 Å². The summed E-state index contributed by atoms with van der Waals surface area (Å²) in [6.07, 6.45) is 3.86. The van der Waals surface area contributed by atoms with Crippen LogP contribution in [0.3, 0.4) is 0 Å². The molecule has 0 bridgehead atoms. The third-order valence-electron chi connectivity index (χ3n) is 2.05. The number of nitrogens with two attached hydrogens (primary N) is 1. The van der Waals surface area contributed by atoms with Gasteiger partial charge in [0.15, 0.2) is 0 Å². The van der Waals surface area contributed by atoms with Crippen molar-refractivity contribution in [2.45, 2.75) is 19.8 Å². The lowest BCUT2D eigenvalue weighted by Gasteiger charge is -2.06. The van der Waals surface area contributed by atoms with Gasteiger partial charge in [-0.3, -0.25) is 14.9 Å². The monoisotopic (exact) mass is 210 g/mol. The highest BCUT2D eigenvalue weighted by molar-refractivity contribution is 5.89. The van der Waals surface area contributed by atoms with Crippen molar-refractivity contribution in [3.63, 3.8) is 0 Å². The van der Waals surface area contributed by atoms with Gasteiger partial charge in [0.25, 0.3) is 0 Å². The lowest BCUT2D eigenvalue weighted by Crippen LogP contribution is -2.22. The first-order valence-electron chi connectivity index (χ1n) is 4.68. The largest absolute Gasteiger partial charge is 0.369 e. The topological polar surface area (TPSA) is 101 Å². The second kappa shape index (κ2) is 5.14. The Bertz CT molecular complexity index is 334. The van der Waals surface area contributed by atoms with E-state index in [1.54, 1.807) is 19.3 Å². The number of nitrogens with one attached hydrogen (secondary N) is 2. The van der Waals surface area contributed by atoms with E-state index in [1.807, 2.05) is 0 Å². The number of hydrogen-bond acceptors (Lipinski definition) is 3. The van der Waals surface area contributed by atoms with E-state index in [4.69, 9.17) is 5.73 Å². The van der Waals surface area contributed by atoms with Gasteiger partial charge in [-0.1, -0.05) is 6.92 Å². The summed E-state index contributed by atoms with van der Waals surface area (Å²) in [5, 5.41) is 2.56. The lowest BCUT2D eigenvalue weighted by atomic mass is 10.1. The van der Waals surface area contributed by atoms with Gasteiger partial charge in [-0.05, 0) is 6.42 Å². The summed E-state index contributed by atoms with van der Waals surface area (Å²) in [6, 6.07) is 0. The van der Waals surface area contributed by atoms with Crippen LogP contribution >= 0.6 is 0 Å². The number of carbonyl (C=O) groups excluding carboxylic acids is 2. The van der Waals surface area contributed by atoms with Gasteiger partial charge in [0.2, 0.25) is 17.8 Å². The third kappa shape index (κ3) is 3.80. The van der Waals surface area contributed by atoms with Crippen molar-refractivity contribution in [2.75, 3.05) is 5.32 Å². The smallest absolute Gasteiger partial charge is 0.226 e. The first kappa shape index (κ1) is 11.2. The maximum atomic E-state index is 11.3. The molecule has 1 unspecified atom stereocenters. The highest BCUT2D eigenvalue weighted by Crippen LogP contribution is 2.05. The van der Waals surface area contributed by atoms with Crippen molar-refractivity contribution in [1.29, 1.82) is 0 Å². The minimum Gasteiger partial charge on any atom is -0.369 e. The lowest BCUT2D eigenvalue weighted by molar-refractivity contribution is -0.121. The van der Waals surface area contributed by atoms with E-state index in [2.05, 4.69) is 15.3 Å². The fourth-order valence-corrected chi connectivity index (χ4v) is 1.02. The average Bonchev–Trinajstić information content (AvgIpc) is 2.66. The molecule has 1 aromatic rings. The summed E-state index contributed by atoms with van der Waals surface area (Å²) >= 11 is 0. The molecule has 1 aromatic heterocycles. The molecule has 1 rings (SSSR count). The Morgan fingerprint density at radius 3 is 2.93 bits per heavy atom. The Kier molecular flexibility index (Phi) is 3.84. The fraction of sp³-hybridized carbons (Fsp3) is 0.444. The molecule has 0 aliphatic heterocycles. The number of amides is 2. The molecule has 6 nitrogen and oxygen atoms in total. The van der Waals surface area contributed by atoms with Crippen LogP contribution in [0.15, 0.2) is 12.4 Å². The molecule has 0 aliphatic carbocycles. The second-order valence-corrected chi connectivity index (χ2v) is 3.33. The standard InChI is InChI=1S/C9H14N4O2/c1-6(8(10)15)2-3-7(14)13-9-11-4-5-12-9/h4-6H,2-3H2,1H3,(H2,10,15)(H2,11,12,13,14). The van der Waals surface area contributed by atoms with Gasteiger partial charge in [-0.2, -0.15) is 0 Å². The van der Waals surface area contributed by atoms with E-state index in [1.165, 1.54) is 0 Å². The molecule has 0 radical (unpaired) electrons. The summed E-state index contributed by atoms with van der Waals surface area (Å²) < 4.78 is 0. The predicted octanol–water partition coefficient (Wildman–Crippen LogP) is 0.250.